The lowest BCUT2D eigenvalue weighted by molar-refractivity contribution is 0.281. The molecule has 0 unspecified atom stereocenters. The molecule has 20 heavy (non-hydrogen) atoms. The lowest BCUT2D eigenvalue weighted by atomic mass is 9.81. The number of hydrogen-bond donors (Lipinski definition) is 2. The molecule has 3 rings (SSSR count). The second-order valence-electron chi connectivity index (χ2n) is 6.09. The van der Waals surface area contributed by atoms with Crippen molar-refractivity contribution in [3.8, 4) is 0 Å². The van der Waals surface area contributed by atoms with Crippen LogP contribution in [0.2, 0.25) is 0 Å². The highest BCUT2D eigenvalue weighted by Crippen LogP contribution is 2.30. The van der Waals surface area contributed by atoms with E-state index in [1.807, 2.05) is 18.2 Å². The minimum atomic E-state index is 0.606. The maximum absolute atomic E-state index is 5.73. The van der Waals surface area contributed by atoms with Crippen LogP contribution in [-0.2, 0) is 0 Å². The van der Waals surface area contributed by atoms with Crippen LogP contribution in [0.1, 0.15) is 39.0 Å². The summed E-state index contributed by atoms with van der Waals surface area (Å²) in [6.45, 7) is 3.29. The van der Waals surface area contributed by atoms with Gasteiger partial charge in [0.05, 0.1) is 0 Å². The van der Waals surface area contributed by atoms with Crippen molar-refractivity contribution >= 4 is 22.8 Å². The first-order valence-electron chi connectivity index (χ1n) is 7.60. The van der Waals surface area contributed by atoms with E-state index in [9.17, 15) is 0 Å². The van der Waals surface area contributed by atoms with Gasteiger partial charge in [-0.05, 0) is 30.4 Å². The van der Waals surface area contributed by atoms with E-state index < -0.39 is 0 Å². The van der Waals surface area contributed by atoms with Gasteiger partial charge in [-0.3, -0.25) is 0 Å². The Morgan fingerprint density at radius 3 is 2.90 bits per heavy atom. The van der Waals surface area contributed by atoms with E-state index in [1.54, 1.807) is 0 Å². The van der Waals surface area contributed by atoms with Crippen LogP contribution in [0.5, 0.6) is 0 Å². The highest BCUT2D eigenvalue weighted by molar-refractivity contribution is 5.78. The average Bonchev–Trinajstić information content (AvgIpc) is 2.83. The van der Waals surface area contributed by atoms with Crippen LogP contribution in [-0.4, -0.2) is 11.5 Å². The predicted octanol–water partition coefficient (Wildman–Crippen LogP) is 4.04. The zero-order valence-corrected chi connectivity index (χ0v) is 12.1. The van der Waals surface area contributed by atoms with Gasteiger partial charge in [0.1, 0.15) is 5.52 Å². The minimum absolute atomic E-state index is 0.606. The number of anilines is 2. The number of fused-ring (bicyclic) bond motifs is 1. The molecular weight excluding hydrogens is 250 g/mol. The molecule has 1 heterocycles. The first-order valence-corrected chi connectivity index (χ1v) is 7.60. The molecular formula is C16H23N3O. The number of nitrogen functional groups attached to an aromatic ring is 1. The summed E-state index contributed by atoms with van der Waals surface area (Å²) >= 11 is 0. The topological polar surface area (TPSA) is 64.1 Å². The number of rotatable bonds is 4. The molecule has 1 aliphatic carbocycles. The van der Waals surface area contributed by atoms with Crippen molar-refractivity contribution in [3.05, 3.63) is 18.2 Å². The molecule has 4 nitrogen and oxygen atoms in total. The SMILES string of the molecule is CC1CCC(CCNc2nc3ccc(N)cc3o2)CC1. The monoisotopic (exact) mass is 273 g/mol. The average molecular weight is 273 g/mol. The highest BCUT2D eigenvalue weighted by atomic mass is 16.4. The van der Waals surface area contributed by atoms with Gasteiger partial charge in [-0.1, -0.05) is 32.6 Å². The van der Waals surface area contributed by atoms with Gasteiger partial charge in [0.15, 0.2) is 5.58 Å². The third-order valence-corrected chi connectivity index (χ3v) is 4.38. The van der Waals surface area contributed by atoms with Crippen LogP contribution in [0.3, 0.4) is 0 Å². The molecule has 1 saturated carbocycles. The minimum Gasteiger partial charge on any atom is -0.423 e. The third-order valence-electron chi connectivity index (χ3n) is 4.38. The Morgan fingerprint density at radius 1 is 1.30 bits per heavy atom. The van der Waals surface area contributed by atoms with Crippen LogP contribution >= 0.6 is 0 Å². The maximum atomic E-state index is 5.73. The second kappa shape index (κ2) is 5.73. The van der Waals surface area contributed by atoms with Gasteiger partial charge in [-0.15, -0.1) is 0 Å². The largest absolute Gasteiger partial charge is 0.423 e. The van der Waals surface area contributed by atoms with Crippen molar-refractivity contribution in [1.29, 1.82) is 0 Å². The number of oxazole rings is 1. The standard InChI is InChI=1S/C16H23N3O/c1-11-2-4-12(5-3-11)8-9-18-16-19-14-7-6-13(17)10-15(14)20-16/h6-7,10-12H,2-5,8-9,17H2,1H3,(H,18,19). The van der Waals surface area contributed by atoms with Crippen LogP contribution < -0.4 is 11.1 Å². The van der Waals surface area contributed by atoms with E-state index in [4.69, 9.17) is 10.2 Å². The number of nitrogens with two attached hydrogens (primary N) is 1. The quantitative estimate of drug-likeness (QED) is 0.825. The van der Waals surface area contributed by atoms with E-state index in [1.165, 1.54) is 32.1 Å². The molecule has 0 spiro atoms. The summed E-state index contributed by atoms with van der Waals surface area (Å²) < 4.78 is 5.65. The van der Waals surface area contributed by atoms with E-state index in [0.717, 1.165) is 29.5 Å². The zero-order chi connectivity index (χ0) is 13.9. The van der Waals surface area contributed by atoms with Gasteiger partial charge >= 0.3 is 0 Å². The summed E-state index contributed by atoms with van der Waals surface area (Å²) in [5.41, 5.74) is 8.04. The molecule has 1 aromatic carbocycles. The van der Waals surface area contributed by atoms with Gasteiger partial charge < -0.3 is 15.5 Å². The van der Waals surface area contributed by atoms with E-state index in [-0.39, 0.29) is 0 Å². The summed E-state index contributed by atoms with van der Waals surface area (Å²) in [4.78, 5) is 4.42. The Kier molecular flexibility index (Phi) is 3.81. The number of aromatic nitrogens is 1. The van der Waals surface area contributed by atoms with E-state index in [2.05, 4.69) is 17.2 Å². The highest BCUT2D eigenvalue weighted by Gasteiger charge is 2.17. The Morgan fingerprint density at radius 2 is 2.10 bits per heavy atom. The lowest BCUT2D eigenvalue weighted by Crippen LogP contribution is -2.15. The van der Waals surface area contributed by atoms with Crippen molar-refractivity contribution in [2.75, 3.05) is 17.6 Å². The van der Waals surface area contributed by atoms with Crippen LogP contribution in [0, 0.1) is 11.8 Å². The van der Waals surface area contributed by atoms with Gasteiger partial charge in [-0.2, -0.15) is 4.98 Å². The fourth-order valence-corrected chi connectivity index (χ4v) is 3.02. The lowest BCUT2D eigenvalue weighted by Gasteiger charge is -2.25. The van der Waals surface area contributed by atoms with E-state index in [0.29, 0.717) is 11.7 Å². The molecule has 4 heteroatoms. The molecule has 0 bridgehead atoms. The summed E-state index contributed by atoms with van der Waals surface area (Å²) in [7, 11) is 0. The maximum Gasteiger partial charge on any atom is 0.295 e. The molecule has 108 valence electrons. The van der Waals surface area contributed by atoms with Gasteiger partial charge in [0.2, 0.25) is 0 Å². The fraction of sp³-hybridized carbons (Fsp3) is 0.562. The van der Waals surface area contributed by atoms with Crippen molar-refractivity contribution < 1.29 is 4.42 Å². The molecule has 0 saturated heterocycles. The van der Waals surface area contributed by atoms with Crippen molar-refractivity contribution in [2.24, 2.45) is 11.8 Å². The Balaban J connectivity index is 1.52. The molecule has 3 N–H and O–H groups in total. The normalized spacial score (nSPS) is 23.1. The summed E-state index contributed by atoms with van der Waals surface area (Å²) in [5, 5.41) is 3.29. The van der Waals surface area contributed by atoms with Gasteiger partial charge in [-0.25, -0.2) is 0 Å². The number of nitrogens with one attached hydrogen (secondary N) is 1. The molecule has 1 aliphatic rings. The smallest absolute Gasteiger partial charge is 0.295 e. The second-order valence-corrected chi connectivity index (χ2v) is 6.09. The Labute approximate surface area is 119 Å². The Hall–Kier alpha value is -1.71. The first-order chi connectivity index (χ1) is 9.70. The van der Waals surface area contributed by atoms with Crippen LogP contribution in [0.15, 0.2) is 22.6 Å². The first kappa shape index (κ1) is 13.3. The van der Waals surface area contributed by atoms with Crippen molar-refractivity contribution in [2.45, 2.75) is 39.0 Å². The summed E-state index contributed by atoms with van der Waals surface area (Å²) in [5.74, 6) is 1.78. The predicted molar refractivity (Wildman–Crippen MR) is 82.7 cm³/mol. The van der Waals surface area contributed by atoms with E-state index >= 15 is 0 Å². The molecule has 1 fully saturated rings. The number of benzene rings is 1. The van der Waals surface area contributed by atoms with Gasteiger partial charge in [0.25, 0.3) is 6.01 Å². The van der Waals surface area contributed by atoms with Crippen molar-refractivity contribution in [3.63, 3.8) is 0 Å². The number of hydrogen-bond acceptors (Lipinski definition) is 4. The molecule has 0 aliphatic heterocycles. The van der Waals surface area contributed by atoms with Crippen molar-refractivity contribution in [1.82, 2.24) is 4.98 Å². The molecule has 2 aromatic rings. The molecule has 0 amide bonds. The van der Waals surface area contributed by atoms with Crippen LogP contribution in [0.4, 0.5) is 11.7 Å². The number of nitrogens with zero attached hydrogens (tertiary/aromatic N) is 1. The fourth-order valence-electron chi connectivity index (χ4n) is 3.02. The van der Waals surface area contributed by atoms with Gasteiger partial charge in [0, 0.05) is 18.3 Å². The third kappa shape index (κ3) is 3.06. The Bertz CT molecular complexity index is 570. The molecule has 0 atom stereocenters. The molecule has 1 aromatic heterocycles. The molecule has 0 radical (unpaired) electrons. The zero-order valence-electron chi connectivity index (χ0n) is 12.1. The van der Waals surface area contributed by atoms with Crippen LogP contribution in [0.25, 0.3) is 11.1 Å². The summed E-state index contributed by atoms with van der Waals surface area (Å²) in [6.07, 6.45) is 6.70. The summed E-state index contributed by atoms with van der Waals surface area (Å²) in [6, 6.07) is 6.16.